The first-order chi connectivity index (χ1) is 5.66. The summed E-state index contributed by atoms with van der Waals surface area (Å²) in [6, 6.07) is 0. The van der Waals surface area contributed by atoms with Crippen LogP contribution in [0.1, 0.15) is 13.8 Å². The zero-order valence-corrected chi connectivity index (χ0v) is 9.08. The molecule has 1 N–H and O–H groups in total. The molecule has 0 aromatic carbocycles. The second kappa shape index (κ2) is 7.79. The zero-order valence-electron chi connectivity index (χ0n) is 7.37. The Balaban J connectivity index is 3.13. The van der Waals surface area contributed by atoms with Crippen molar-refractivity contribution < 1.29 is 9.47 Å². The first-order valence-corrected chi connectivity index (χ1v) is 4.72. The Morgan fingerprint density at radius 1 is 1.58 bits per heavy atom. The molecular formula is C7H15NO2S2. The van der Waals surface area contributed by atoms with Crippen LogP contribution in [0, 0.1) is 0 Å². The summed E-state index contributed by atoms with van der Waals surface area (Å²) >= 11 is 8.59. The molecule has 0 aliphatic carbocycles. The fraction of sp³-hybridized carbons (Fsp3) is 0.857. The molecule has 0 heterocycles. The van der Waals surface area contributed by atoms with E-state index in [-0.39, 0.29) is 6.29 Å². The van der Waals surface area contributed by atoms with E-state index in [1.165, 1.54) is 0 Å². The Hall–Kier alpha value is 0.160. The predicted octanol–water partition coefficient (Wildman–Crippen LogP) is 1.19. The minimum absolute atomic E-state index is 0.148. The summed E-state index contributed by atoms with van der Waals surface area (Å²) in [5.41, 5.74) is 0. The van der Waals surface area contributed by atoms with Crippen molar-refractivity contribution in [3.63, 3.8) is 0 Å². The minimum Gasteiger partial charge on any atom is -0.369 e. The van der Waals surface area contributed by atoms with Gasteiger partial charge < -0.3 is 14.8 Å². The highest BCUT2D eigenvalue weighted by atomic mass is 32.1. The van der Waals surface area contributed by atoms with Gasteiger partial charge in [0, 0.05) is 13.2 Å². The van der Waals surface area contributed by atoms with E-state index in [9.17, 15) is 0 Å². The van der Waals surface area contributed by atoms with Gasteiger partial charge in [-0.25, -0.2) is 0 Å². The summed E-state index contributed by atoms with van der Waals surface area (Å²) in [5.74, 6) is 0. The molecule has 0 aliphatic rings. The second-order valence-corrected chi connectivity index (χ2v) is 3.28. The molecule has 0 spiro atoms. The van der Waals surface area contributed by atoms with E-state index in [4.69, 9.17) is 21.7 Å². The average Bonchev–Trinajstić information content (AvgIpc) is 1.98. The van der Waals surface area contributed by atoms with Gasteiger partial charge in [0.2, 0.25) is 0 Å². The maximum atomic E-state index is 5.25. The lowest BCUT2D eigenvalue weighted by Gasteiger charge is -2.12. The lowest BCUT2D eigenvalue weighted by atomic mass is 10.6. The summed E-state index contributed by atoms with van der Waals surface area (Å²) in [6.45, 7) is 5.70. The normalized spacial score (nSPS) is 12.6. The third kappa shape index (κ3) is 8.26. The third-order valence-corrected chi connectivity index (χ3v) is 1.43. The van der Waals surface area contributed by atoms with Crippen LogP contribution >= 0.6 is 24.8 Å². The first kappa shape index (κ1) is 12.2. The van der Waals surface area contributed by atoms with Crippen LogP contribution in [0.2, 0.25) is 0 Å². The van der Waals surface area contributed by atoms with Gasteiger partial charge in [-0.05, 0) is 13.8 Å². The van der Waals surface area contributed by atoms with E-state index in [0.29, 0.717) is 24.1 Å². The Bertz CT molecular complexity index is 133. The van der Waals surface area contributed by atoms with Gasteiger partial charge >= 0.3 is 0 Å². The van der Waals surface area contributed by atoms with Gasteiger partial charge in [-0.1, -0.05) is 12.2 Å². The molecule has 1 unspecified atom stereocenters. The maximum absolute atomic E-state index is 5.25. The third-order valence-electron chi connectivity index (χ3n) is 1.13. The predicted molar refractivity (Wildman–Crippen MR) is 56.6 cm³/mol. The highest BCUT2D eigenvalue weighted by Crippen LogP contribution is 1.91. The number of rotatable bonds is 6. The molecule has 0 aromatic rings. The number of thiocarbonyl (C=S) groups is 1. The molecule has 12 heavy (non-hydrogen) atoms. The van der Waals surface area contributed by atoms with Crippen molar-refractivity contribution in [2.45, 2.75) is 20.1 Å². The van der Waals surface area contributed by atoms with E-state index in [1.54, 1.807) is 0 Å². The smallest absolute Gasteiger partial charge is 0.154 e. The molecule has 0 saturated heterocycles. The van der Waals surface area contributed by atoms with Crippen molar-refractivity contribution in [1.29, 1.82) is 0 Å². The molecule has 0 radical (unpaired) electrons. The number of ether oxygens (including phenoxy) is 2. The van der Waals surface area contributed by atoms with Gasteiger partial charge in [0.05, 0.1) is 6.61 Å². The van der Waals surface area contributed by atoms with Crippen LogP contribution in [-0.2, 0) is 9.47 Å². The largest absolute Gasteiger partial charge is 0.369 e. The van der Waals surface area contributed by atoms with Gasteiger partial charge in [0.25, 0.3) is 0 Å². The highest BCUT2D eigenvalue weighted by molar-refractivity contribution is 8.11. The van der Waals surface area contributed by atoms with Crippen LogP contribution in [0.5, 0.6) is 0 Å². The van der Waals surface area contributed by atoms with Gasteiger partial charge in [-0.3, -0.25) is 0 Å². The van der Waals surface area contributed by atoms with Crippen molar-refractivity contribution >= 4 is 29.2 Å². The molecular weight excluding hydrogens is 194 g/mol. The molecule has 0 aromatic heterocycles. The number of nitrogens with one attached hydrogen (secondary N) is 1. The Morgan fingerprint density at radius 2 is 2.25 bits per heavy atom. The van der Waals surface area contributed by atoms with Gasteiger partial charge in [-0.15, -0.1) is 12.6 Å². The molecule has 0 amide bonds. The van der Waals surface area contributed by atoms with E-state index < -0.39 is 0 Å². The Labute approximate surface area is 84.2 Å². The molecule has 0 aliphatic heterocycles. The van der Waals surface area contributed by atoms with E-state index in [1.807, 2.05) is 13.8 Å². The van der Waals surface area contributed by atoms with Gasteiger partial charge in [0.1, 0.15) is 4.32 Å². The fourth-order valence-electron chi connectivity index (χ4n) is 0.666. The standard InChI is InChI=1S/C7H15NO2S2/c1-3-9-6(2)10-5-4-8-7(11)12/h6H,3-5H2,1-2H3,(H2,8,11,12). The van der Waals surface area contributed by atoms with Crippen molar-refractivity contribution in [3.8, 4) is 0 Å². The quantitative estimate of drug-likeness (QED) is 0.298. The van der Waals surface area contributed by atoms with E-state index >= 15 is 0 Å². The zero-order chi connectivity index (χ0) is 9.40. The van der Waals surface area contributed by atoms with E-state index in [2.05, 4.69) is 17.9 Å². The Morgan fingerprint density at radius 3 is 2.75 bits per heavy atom. The molecule has 0 fully saturated rings. The molecule has 0 bridgehead atoms. The number of thiol groups is 1. The Kier molecular flexibility index (Phi) is 7.89. The topological polar surface area (TPSA) is 30.5 Å². The summed E-state index contributed by atoms with van der Waals surface area (Å²) in [6.07, 6.45) is -0.148. The van der Waals surface area contributed by atoms with Crippen LogP contribution in [0.4, 0.5) is 0 Å². The molecule has 3 nitrogen and oxygen atoms in total. The van der Waals surface area contributed by atoms with Crippen molar-refractivity contribution in [1.82, 2.24) is 5.32 Å². The summed E-state index contributed by atoms with van der Waals surface area (Å²) in [7, 11) is 0. The van der Waals surface area contributed by atoms with Crippen molar-refractivity contribution in [2.75, 3.05) is 19.8 Å². The van der Waals surface area contributed by atoms with Gasteiger partial charge in [0.15, 0.2) is 6.29 Å². The second-order valence-electron chi connectivity index (χ2n) is 2.13. The van der Waals surface area contributed by atoms with Crippen molar-refractivity contribution in [2.24, 2.45) is 0 Å². The van der Waals surface area contributed by atoms with Crippen LogP contribution in [0.15, 0.2) is 0 Å². The van der Waals surface area contributed by atoms with Crippen LogP contribution in [0.25, 0.3) is 0 Å². The molecule has 0 rings (SSSR count). The van der Waals surface area contributed by atoms with Crippen LogP contribution in [0.3, 0.4) is 0 Å². The highest BCUT2D eigenvalue weighted by Gasteiger charge is 1.98. The average molecular weight is 209 g/mol. The minimum atomic E-state index is -0.148. The first-order valence-electron chi connectivity index (χ1n) is 3.86. The lowest BCUT2D eigenvalue weighted by molar-refractivity contribution is -0.125. The lowest BCUT2D eigenvalue weighted by Crippen LogP contribution is -2.24. The van der Waals surface area contributed by atoms with E-state index in [0.717, 1.165) is 0 Å². The molecule has 72 valence electrons. The summed E-state index contributed by atoms with van der Waals surface area (Å²) < 4.78 is 10.9. The number of hydrogen-bond acceptors (Lipinski definition) is 3. The molecule has 5 heteroatoms. The maximum Gasteiger partial charge on any atom is 0.154 e. The van der Waals surface area contributed by atoms with Crippen LogP contribution < -0.4 is 5.32 Å². The summed E-state index contributed by atoms with van der Waals surface area (Å²) in [5, 5.41) is 2.86. The number of hydrogen-bond donors (Lipinski definition) is 2. The monoisotopic (exact) mass is 209 g/mol. The molecule has 1 atom stereocenters. The SMILES string of the molecule is CCOC(C)OCCNC(=S)S. The fourth-order valence-corrected chi connectivity index (χ4v) is 0.880. The molecule has 0 saturated carbocycles. The summed E-state index contributed by atoms with van der Waals surface area (Å²) in [4.78, 5) is 0. The van der Waals surface area contributed by atoms with Gasteiger partial charge in [-0.2, -0.15) is 0 Å². The van der Waals surface area contributed by atoms with Crippen molar-refractivity contribution in [3.05, 3.63) is 0 Å². The van der Waals surface area contributed by atoms with Crippen LogP contribution in [-0.4, -0.2) is 30.4 Å².